The third kappa shape index (κ3) is 4.46. The zero-order chi connectivity index (χ0) is 16.2. The molecule has 0 saturated carbocycles. The van der Waals surface area contributed by atoms with E-state index in [0.717, 1.165) is 11.3 Å². The molecule has 0 bridgehead atoms. The van der Waals surface area contributed by atoms with E-state index in [-0.39, 0.29) is 35.1 Å². The zero-order valence-electron chi connectivity index (χ0n) is 12.5. The van der Waals surface area contributed by atoms with Gasteiger partial charge < -0.3 is 17.0 Å². The van der Waals surface area contributed by atoms with Crippen molar-refractivity contribution in [1.29, 1.82) is 0 Å². The molecule has 0 radical (unpaired) electrons. The van der Waals surface area contributed by atoms with Gasteiger partial charge in [-0.25, -0.2) is 8.96 Å². The first-order valence-electron chi connectivity index (χ1n) is 7.01. The lowest BCUT2D eigenvalue weighted by molar-refractivity contribution is -0.686. The molecule has 3 aromatic rings. The lowest BCUT2D eigenvalue weighted by Crippen LogP contribution is -3.00. The molecule has 1 aromatic heterocycles. The molecule has 0 aliphatic rings. The van der Waals surface area contributed by atoms with Gasteiger partial charge in [0.1, 0.15) is 5.82 Å². The van der Waals surface area contributed by atoms with Crippen molar-refractivity contribution in [1.82, 2.24) is 4.98 Å². The second kappa shape index (κ2) is 8.13. The van der Waals surface area contributed by atoms with Crippen LogP contribution in [0, 0.1) is 5.82 Å². The van der Waals surface area contributed by atoms with Gasteiger partial charge in [-0.2, -0.15) is 0 Å². The van der Waals surface area contributed by atoms with Crippen LogP contribution in [0.4, 0.5) is 4.39 Å². The number of halogens is 3. The number of carbonyl (C=O) groups is 1. The largest absolute Gasteiger partial charge is 1.00 e. The Kier molecular flexibility index (Phi) is 6.17. The number of aromatic nitrogens is 2. The molecule has 0 aliphatic heterocycles. The number of hydrogen-bond acceptors (Lipinski definition) is 2. The fraction of sp³-hybridized carbons (Fsp3) is 0.0556. The third-order valence-electron chi connectivity index (χ3n) is 3.40. The minimum Gasteiger partial charge on any atom is -1.00 e. The summed E-state index contributed by atoms with van der Waals surface area (Å²) >= 11 is 5.81. The molecule has 24 heavy (non-hydrogen) atoms. The van der Waals surface area contributed by atoms with Crippen molar-refractivity contribution in [3.8, 4) is 11.3 Å². The van der Waals surface area contributed by atoms with E-state index in [2.05, 4.69) is 4.98 Å². The molecule has 2 aromatic carbocycles. The highest BCUT2D eigenvalue weighted by atomic mass is 79.9. The van der Waals surface area contributed by atoms with E-state index in [1.807, 2.05) is 0 Å². The van der Waals surface area contributed by atoms with Crippen molar-refractivity contribution in [2.24, 2.45) is 0 Å². The molecule has 0 atom stereocenters. The lowest BCUT2D eigenvalue weighted by atomic mass is 10.1. The summed E-state index contributed by atoms with van der Waals surface area (Å²) in [6.45, 7) is 0.193. The molecular weight excluding hydrogens is 395 g/mol. The van der Waals surface area contributed by atoms with Crippen LogP contribution in [0.25, 0.3) is 11.3 Å². The van der Waals surface area contributed by atoms with Crippen molar-refractivity contribution in [3.63, 3.8) is 0 Å². The van der Waals surface area contributed by atoms with Crippen LogP contribution in [0.2, 0.25) is 5.02 Å². The summed E-state index contributed by atoms with van der Waals surface area (Å²) in [5, 5.41) is 0.597. The van der Waals surface area contributed by atoms with Crippen LogP contribution < -0.4 is 21.5 Å². The Balaban J connectivity index is 0.00000208. The van der Waals surface area contributed by atoms with Crippen LogP contribution in [-0.2, 0) is 6.54 Å². The number of benzene rings is 2. The first-order valence-corrected chi connectivity index (χ1v) is 7.39. The van der Waals surface area contributed by atoms with Gasteiger partial charge in [-0.15, -0.1) is 0 Å². The average Bonchev–Trinajstić information content (AvgIpc) is 2.57. The number of nitrogens with zero attached hydrogens (tertiary/aromatic N) is 2. The molecule has 0 N–H and O–H groups in total. The predicted molar refractivity (Wildman–Crippen MR) is 85.6 cm³/mol. The Bertz CT molecular complexity index is 821. The molecule has 0 fully saturated rings. The smallest absolute Gasteiger partial charge is 0.287 e. The van der Waals surface area contributed by atoms with Crippen molar-refractivity contribution >= 4 is 17.4 Å². The standard InChI is InChI=1S/C18H13ClFN2O.BrH/c19-15-5-1-14(2-6-15)18(23)11-22-10-9-17(21-12-22)13-3-7-16(20)8-4-13;/h1-10,12H,11H2;1H/q+1;/p-1. The van der Waals surface area contributed by atoms with Crippen LogP contribution in [0.15, 0.2) is 67.1 Å². The van der Waals surface area contributed by atoms with E-state index in [0.29, 0.717) is 10.6 Å². The SMILES string of the molecule is O=C(C[n+]1ccc(-c2ccc(F)cc2)nc1)c1ccc(Cl)cc1.[Br-]. The summed E-state index contributed by atoms with van der Waals surface area (Å²) in [5.41, 5.74) is 2.15. The zero-order valence-corrected chi connectivity index (χ0v) is 14.8. The fourth-order valence-electron chi connectivity index (χ4n) is 2.16. The van der Waals surface area contributed by atoms with E-state index in [9.17, 15) is 9.18 Å². The normalized spacial score (nSPS) is 10.1. The summed E-state index contributed by atoms with van der Waals surface area (Å²) in [5.74, 6) is -0.309. The van der Waals surface area contributed by atoms with Gasteiger partial charge in [-0.3, -0.25) is 4.79 Å². The number of hydrogen-bond donors (Lipinski definition) is 0. The van der Waals surface area contributed by atoms with Gasteiger partial charge in [0.2, 0.25) is 5.78 Å². The van der Waals surface area contributed by atoms with E-state index in [1.165, 1.54) is 12.1 Å². The molecule has 0 spiro atoms. The summed E-state index contributed by atoms with van der Waals surface area (Å²) in [6.07, 6.45) is 3.37. The Morgan fingerprint density at radius 3 is 2.29 bits per heavy atom. The van der Waals surface area contributed by atoms with E-state index in [4.69, 9.17) is 11.6 Å². The Morgan fingerprint density at radius 2 is 1.71 bits per heavy atom. The first-order chi connectivity index (χ1) is 11.1. The lowest BCUT2D eigenvalue weighted by Gasteiger charge is -2.01. The van der Waals surface area contributed by atoms with Crippen molar-refractivity contribution in [3.05, 3.63) is 83.5 Å². The van der Waals surface area contributed by atoms with E-state index < -0.39 is 0 Å². The van der Waals surface area contributed by atoms with Crippen LogP contribution in [0.5, 0.6) is 0 Å². The van der Waals surface area contributed by atoms with Crippen LogP contribution in [0.1, 0.15) is 10.4 Å². The molecule has 0 unspecified atom stereocenters. The number of Topliss-reactive ketones (excluding diaryl/α,β-unsaturated/α-hetero) is 1. The van der Waals surface area contributed by atoms with Crippen molar-refractivity contribution < 1.29 is 30.7 Å². The van der Waals surface area contributed by atoms with E-state index in [1.54, 1.807) is 59.6 Å². The van der Waals surface area contributed by atoms with Gasteiger partial charge in [0.25, 0.3) is 6.33 Å². The summed E-state index contributed by atoms with van der Waals surface area (Å²) < 4.78 is 14.6. The fourth-order valence-corrected chi connectivity index (χ4v) is 2.29. The molecule has 1 heterocycles. The number of carbonyl (C=O) groups excluding carboxylic acids is 1. The topological polar surface area (TPSA) is 33.8 Å². The van der Waals surface area contributed by atoms with Crippen molar-refractivity contribution in [2.45, 2.75) is 6.54 Å². The molecule has 6 heteroatoms. The maximum Gasteiger partial charge on any atom is 0.287 e. The Labute approximate surface area is 154 Å². The van der Waals surface area contributed by atoms with Crippen LogP contribution >= 0.6 is 11.6 Å². The summed E-state index contributed by atoms with van der Waals surface area (Å²) in [4.78, 5) is 16.5. The Hall–Kier alpha value is -2.11. The quantitative estimate of drug-likeness (QED) is 0.472. The number of ketones is 1. The molecule has 3 nitrogen and oxygen atoms in total. The van der Waals surface area contributed by atoms with Gasteiger partial charge in [0.05, 0.1) is 6.20 Å². The maximum absolute atomic E-state index is 12.9. The molecule has 0 aliphatic carbocycles. The van der Waals surface area contributed by atoms with Gasteiger partial charge in [-0.05, 0) is 53.5 Å². The van der Waals surface area contributed by atoms with E-state index >= 15 is 0 Å². The monoisotopic (exact) mass is 406 g/mol. The van der Waals surface area contributed by atoms with Gasteiger partial charge in [0.15, 0.2) is 12.2 Å². The molecule has 122 valence electrons. The summed E-state index contributed by atoms with van der Waals surface area (Å²) in [6, 6.07) is 14.7. The molecule has 0 amide bonds. The second-order valence-electron chi connectivity index (χ2n) is 5.05. The average molecular weight is 408 g/mol. The maximum atomic E-state index is 12.9. The molecule has 3 rings (SSSR count). The highest BCUT2D eigenvalue weighted by molar-refractivity contribution is 6.30. The third-order valence-corrected chi connectivity index (χ3v) is 3.65. The predicted octanol–water partition coefficient (Wildman–Crippen LogP) is 0.715. The second-order valence-corrected chi connectivity index (χ2v) is 5.49. The minimum absolute atomic E-state index is 0. The van der Waals surface area contributed by atoms with Gasteiger partial charge in [-0.1, -0.05) is 11.6 Å². The van der Waals surface area contributed by atoms with Gasteiger partial charge >= 0.3 is 0 Å². The number of rotatable bonds is 4. The van der Waals surface area contributed by atoms with Crippen LogP contribution in [0.3, 0.4) is 0 Å². The Morgan fingerprint density at radius 1 is 1.04 bits per heavy atom. The highest BCUT2D eigenvalue weighted by Gasteiger charge is 2.11. The first kappa shape index (κ1) is 18.2. The van der Waals surface area contributed by atoms with Gasteiger partial charge in [0, 0.05) is 22.2 Å². The van der Waals surface area contributed by atoms with Crippen molar-refractivity contribution in [2.75, 3.05) is 0 Å². The minimum atomic E-state index is -0.284. The molecule has 0 saturated heterocycles. The summed E-state index contributed by atoms with van der Waals surface area (Å²) in [7, 11) is 0. The highest BCUT2D eigenvalue weighted by Crippen LogP contribution is 2.15. The molecular formula is C18H13BrClFN2O. The van der Waals surface area contributed by atoms with Crippen LogP contribution in [-0.4, -0.2) is 10.8 Å².